The molecular formula is C16H18FNO3. The molecule has 4 nitrogen and oxygen atoms in total. The smallest absolute Gasteiger partial charge is 0.309 e. The molecule has 1 atom stereocenters. The van der Waals surface area contributed by atoms with Gasteiger partial charge in [0.05, 0.1) is 5.92 Å². The lowest BCUT2D eigenvalue weighted by molar-refractivity contribution is -0.152. The van der Waals surface area contributed by atoms with Crippen LogP contribution in [0.2, 0.25) is 0 Å². The normalized spacial score (nSPS) is 17.3. The van der Waals surface area contributed by atoms with Crippen molar-refractivity contribution in [3.63, 3.8) is 0 Å². The Bertz CT molecular complexity index is 525. The van der Waals surface area contributed by atoms with Gasteiger partial charge in [0.2, 0.25) is 0 Å². The highest BCUT2D eigenvalue weighted by Gasteiger charge is 2.20. The van der Waals surface area contributed by atoms with Gasteiger partial charge in [0.15, 0.2) is 6.61 Å². The topological polar surface area (TPSA) is 55.4 Å². The molecule has 0 fully saturated rings. The minimum atomic E-state index is -0.362. The quantitative estimate of drug-likeness (QED) is 0.669. The van der Waals surface area contributed by atoms with Crippen molar-refractivity contribution in [2.45, 2.75) is 25.8 Å². The summed E-state index contributed by atoms with van der Waals surface area (Å²) >= 11 is 0. The van der Waals surface area contributed by atoms with Crippen molar-refractivity contribution in [2.75, 3.05) is 6.61 Å². The summed E-state index contributed by atoms with van der Waals surface area (Å²) in [5.74, 6) is -1.14. The molecule has 0 aromatic heterocycles. The van der Waals surface area contributed by atoms with Crippen molar-refractivity contribution in [3.8, 4) is 0 Å². The first-order valence-corrected chi connectivity index (χ1v) is 6.98. The molecule has 0 aliphatic heterocycles. The van der Waals surface area contributed by atoms with Gasteiger partial charge >= 0.3 is 5.97 Å². The van der Waals surface area contributed by atoms with Crippen molar-refractivity contribution in [1.29, 1.82) is 0 Å². The largest absolute Gasteiger partial charge is 0.455 e. The maximum atomic E-state index is 12.7. The second-order valence-corrected chi connectivity index (χ2v) is 4.99. The van der Waals surface area contributed by atoms with Crippen LogP contribution in [0.5, 0.6) is 0 Å². The van der Waals surface area contributed by atoms with Gasteiger partial charge in [-0.3, -0.25) is 9.59 Å². The molecule has 1 amide bonds. The van der Waals surface area contributed by atoms with E-state index in [-0.39, 0.29) is 36.8 Å². The summed E-state index contributed by atoms with van der Waals surface area (Å²) < 4.78 is 17.7. The van der Waals surface area contributed by atoms with Crippen LogP contribution in [0.4, 0.5) is 4.39 Å². The van der Waals surface area contributed by atoms with Gasteiger partial charge in [-0.15, -0.1) is 0 Å². The average Bonchev–Trinajstić information content (AvgIpc) is 2.53. The fourth-order valence-corrected chi connectivity index (χ4v) is 2.12. The van der Waals surface area contributed by atoms with Crippen molar-refractivity contribution < 1.29 is 18.7 Å². The number of nitrogens with one attached hydrogen (secondary N) is 1. The van der Waals surface area contributed by atoms with Crippen LogP contribution >= 0.6 is 0 Å². The number of carbonyl (C=O) groups excluding carboxylic acids is 2. The zero-order chi connectivity index (χ0) is 15.1. The summed E-state index contributed by atoms with van der Waals surface area (Å²) in [6.45, 7) is 0.00305. The van der Waals surface area contributed by atoms with Gasteiger partial charge < -0.3 is 10.1 Å². The Morgan fingerprint density at radius 1 is 1.24 bits per heavy atom. The Morgan fingerprint density at radius 3 is 2.67 bits per heavy atom. The molecule has 1 N–H and O–H groups in total. The fourth-order valence-electron chi connectivity index (χ4n) is 2.12. The predicted molar refractivity (Wildman–Crippen MR) is 75.7 cm³/mol. The summed E-state index contributed by atoms with van der Waals surface area (Å²) in [4.78, 5) is 23.3. The zero-order valence-corrected chi connectivity index (χ0v) is 11.7. The Balaban J connectivity index is 1.68. The molecule has 112 valence electrons. The third-order valence-electron chi connectivity index (χ3n) is 3.35. The molecule has 0 heterocycles. The van der Waals surface area contributed by atoms with Crippen LogP contribution in [0.3, 0.4) is 0 Å². The van der Waals surface area contributed by atoms with Gasteiger partial charge in [-0.1, -0.05) is 24.3 Å². The number of amides is 1. The molecule has 5 heteroatoms. The second kappa shape index (κ2) is 7.57. The summed E-state index contributed by atoms with van der Waals surface area (Å²) in [6.07, 6.45) is 6.32. The summed E-state index contributed by atoms with van der Waals surface area (Å²) in [7, 11) is 0. The number of allylic oxidation sites excluding steroid dienone is 2. The molecule has 0 saturated carbocycles. The van der Waals surface area contributed by atoms with Crippen LogP contribution < -0.4 is 5.32 Å². The van der Waals surface area contributed by atoms with Gasteiger partial charge in [0.1, 0.15) is 5.82 Å². The van der Waals surface area contributed by atoms with E-state index >= 15 is 0 Å². The van der Waals surface area contributed by atoms with Crippen molar-refractivity contribution in [1.82, 2.24) is 5.32 Å². The summed E-state index contributed by atoms with van der Waals surface area (Å²) in [6, 6.07) is 5.85. The molecule has 1 aromatic rings. The molecule has 0 saturated heterocycles. The monoisotopic (exact) mass is 291 g/mol. The van der Waals surface area contributed by atoms with Gasteiger partial charge in [-0.05, 0) is 37.0 Å². The average molecular weight is 291 g/mol. The number of rotatable bonds is 5. The standard InChI is InChI=1S/C16H18FNO3/c17-14-8-6-12(7-9-14)10-18-15(19)11-21-16(20)13-4-2-1-3-5-13/h1-2,6-9,13H,3-5,10-11H2,(H,18,19)/t13-/m1/s1. The number of halogens is 1. The maximum Gasteiger partial charge on any atom is 0.309 e. The van der Waals surface area contributed by atoms with Crippen LogP contribution in [-0.2, 0) is 20.9 Å². The molecule has 0 radical (unpaired) electrons. The van der Waals surface area contributed by atoms with Crippen molar-refractivity contribution in [2.24, 2.45) is 5.92 Å². The predicted octanol–water partition coefficient (Wildman–Crippen LogP) is 2.34. The molecule has 0 spiro atoms. The molecule has 0 unspecified atom stereocenters. The molecule has 1 aliphatic rings. The second-order valence-electron chi connectivity index (χ2n) is 4.99. The van der Waals surface area contributed by atoms with E-state index in [0.717, 1.165) is 18.4 Å². The van der Waals surface area contributed by atoms with E-state index in [9.17, 15) is 14.0 Å². The van der Waals surface area contributed by atoms with Gasteiger partial charge in [-0.25, -0.2) is 4.39 Å². The third-order valence-corrected chi connectivity index (χ3v) is 3.35. The number of esters is 1. The lowest BCUT2D eigenvalue weighted by Crippen LogP contribution is -2.30. The van der Waals surface area contributed by atoms with Crippen LogP contribution in [-0.4, -0.2) is 18.5 Å². The minimum Gasteiger partial charge on any atom is -0.455 e. The minimum absolute atomic E-state index is 0.139. The first-order valence-electron chi connectivity index (χ1n) is 6.98. The van der Waals surface area contributed by atoms with Gasteiger partial charge in [-0.2, -0.15) is 0 Å². The lowest BCUT2D eigenvalue weighted by atomic mass is 9.95. The highest BCUT2D eigenvalue weighted by molar-refractivity contribution is 5.81. The lowest BCUT2D eigenvalue weighted by Gasteiger charge is -2.16. The van der Waals surface area contributed by atoms with E-state index in [1.807, 2.05) is 12.2 Å². The maximum absolute atomic E-state index is 12.7. The van der Waals surface area contributed by atoms with E-state index < -0.39 is 0 Å². The number of ether oxygens (including phenoxy) is 1. The van der Waals surface area contributed by atoms with Gasteiger partial charge in [0, 0.05) is 6.54 Å². The molecule has 1 aliphatic carbocycles. The van der Waals surface area contributed by atoms with Crippen molar-refractivity contribution >= 4 is 11.9 Å². The summed E-state index contributed by atoms with van der Waals surface area (Å²) in [5.41, 5.74) is 0.786. The van der Waals surface area contributed by atoms with Crippen LogP contribution in [0.25, 0.3) is 0 Å². The Kier molecular flexibility index (Phi) is 5.49. The molecule has 2 rings (SSSR count). The number of hydrogen-bond acceptors (Lipinski definition) is 3. The zero-order valence-electron chi connectivity index (χ0n) is 11.7. The SMILES string of the molecule is O=C(COC(=O)[C@@H]1CC=CCC1)NCc1ccc(F)cc1. The first-order chi connectivity index (χ1) is 10.1. The van der Waals surface area contributed by atoms with Gasteiger partial charge in [0.25, 0.3) is 5.91 Å². The van der Waals surface area contributed by atoms with E-state index in [2.05, 4.69) is 5.32 Å². The molecule has 1 aromatic carbocycles. The molecular weight excluding hydrogens is 273 g/mol. The summed E-state index contributed by atoms with van der Waals surface area (Å²) in [5, 5.41) is 2.62. The number of hydrogen-bond donors (Lipinski definition) is 1. The van der Waals surface area contributed by atoms with Crippen LogP contribution in [0, 0.1) is 11.7 Å². The Morgan fingerprint density at radius 2 is 2.00 bits per heavy atom. The Hall–Kier alpha value is -2.17. The molecule has 21 heavy (non-hydrogen) atoms. The first kappa shape index (κ1) is 15.2. The van der Waals surface area contributed by atoms with E-state index in [1.165, 1.54) is 12.1 Å². The van der Waals surface area contributed by atoms with Crippen LogP contribution in [0.15, 0.2) is 36.4 Å². The van der Waals surface area contributed by atoms with E-state index in [4.69, 9.17) is 4.74 Å². The van der Waals surface area contributed by atoms with Crippen molar-refractivity contribution in [3.05, 3.63) is 47.8 Å². The molecule has 0 bridgehead atoms. The van der Waals surface area contributed by atoms with Crippen LogP contribution in [0.1, 0.15) is 24.8 Å². The Labute approximate surface area is 123 Å². The highest BCUT2D eigenvalue weighted by atomic mass is 19.1. The third kappa shape index (κ3) is 5.02. The number of carbonyl (C=O) groups is 2. The highest BCUT2D eigenvalue weighted by Crippen LogP contribution is 2.19. The fraction of sp³-hybridized carbons (Fsp3) is 0.375. The van der Waals surface area contributed by atoms with E-state index in [0.29, 0.717) is 6.42 Å². The number of benzene rings is 1. The van der Waals surface area contributed by atoms with E-state index in [1.54, 1.807) is 12.1 Å².